The van der Waals surface area contributed by atoms with Crippen molar-refractivity contribution < 1.29 is 18.3 Å². The molecule has 0 radical (unpaired) electrons. The molecule has 0 spiro atoms. The van der Waals surface area contributed by atoms with Crippen LogP contribution in [0.1, 0.15) is 16.8 Å². The molecule has 0 aliphatic rings. The fourth-order valence-electron chi connectivity index (χ4n) is 1.86. The molecular weight excluding hydrogens is 280 g/mol. The predicted molar refractivity (Wildman–Crippen MR) is 73.0 cm³/mol. The molecule has 0 bridgehead atoms. The Kier molecular flexibility index (Phi) is 4.86. The summed E-state index contributed by atoms with van der Waals surface area (Å²) in [6, 6.07) is 2.52. The van der Waals surface area contributed by atoms with Crippen LogP contribution < -0.4 is 5.32 Å². The second-order valence-electron chi connectivity index (χ2n) is 4.36. The fraction of sp³-hybridized carbons (Fsp3) is 0.286. The highest BCUT2D eigenvalue weighted by Crippen LogP contribution is 2.21. The van der Waals surface area contributed by atoms with Crippen LogP contribution in [0.4, 0.5) is 14.5 Å². The number of anilines is 1. The fourth-order valence-corrected chi connectivity index (χ4v) is 1.86. The summed E-state index contributed by atoms with van der Waals surface area (Å²) in [6.45, 7) is 1.18. The topological polar surface area (TPSA) is 56.1 Å². The molecule has 0 amide bonds. The van der Waals surface area contributed by atoms with Gasteiger partial charge in [-0.05, 0) is 18.6 Å². The number of carbonyl (C=O) groups is 1. The summed E-state index contributed by atoms with van der Waals surface area (Å²) in [7, 11) is 1.11. The Morgan fingerprint density at radius 1 is 1.38 bits per heavy atom. The van der Waals surface area contributed by atoms with Crippen molar-refractivity contribution in [2.75, 3.05) is 19.0 Å². The molecule has 2 aromatic rings. The zero-order chi connectivity index (χ0) is 15.2. The van der Waals surface area contributed by atoms with E-state index in [0.29, 0.717) is 6.54 Å². The molecule has 1 aromatic heterocycles. The van der Waals surface area contributed by atoms with Crippen LogP contribution in [-0.2, 0) is 11.3 Å². The molecule has 7 heteroatoms. The maximum Gasteiger partial charge on any atom is 0.340 e. The van der Waals surface area contributed by atoms with Crippen LogP contribution in [0.3, 0.4) is 0 Å². The standard InChI is InChI=1S/C14H15F2N3O2/c1-21-14(20)10-3-4-11(13(16)12(10)15)18-5-2-7-19-8-6-17-9-19/h3-4,6,8-9,18H,2,5,7H2,1H3. The van der Waals surface area contributed by atoms with Gasteiger partial charge in [-0.25, -0.2) is 18.6 Å². The first-order valence-corrected chi connectivity index (χ1v) is 6.39. The number of aromatic nitrogens is 2. The molecular formula is C14H15F2N3O2. The van der Waals surface area contributed by atoms with Crippen LogP contribution in [0.15, 0.2) is 30.9 Å². The average molecular weight is 295 g/mol. The van der Waals surface area contributed by atoms with Crippen molar-refractivity contribution in [2.24, 2.45) is 0 Å². The molecule has 1 heterocycles. The minimum atomic E-state index is -1.21. The summed E-state index contributed by atoms with van der Waals surface area (Å²) in [6.07, 6.45) is 5.90. The number of hydrogen-bond donors (Lipinski definition) is 1. The Labute approximate surface area is 120 Å². The normalized spacial score (nSPS) is 10.4. The first kappa shape index (κ1) is 15.0. The first-order chi connectivity index (χ1) is 10.1. The van der Waals surface area contributed by atoms with E-state index in [2.05, 4.69) is 15.0 Å². The van der Waals surface area contributed by atoms with Crippen molar-refractivity contribution in [1.82, 2.24) is 9.55 Å². The first-order valence-electron chi connectivity index (χ1n) is 6.39. The highest BCUT2D eigenvalue weighted by molar-refractivity contribution is 5.90. The minimum absolute atomic E-state index is 0.0192. The van der Waals surface area contributed by atoms with E-state index in [9.17, 15) is 13.6 Å². The predicted octanol–water partition coefficient (Wildman–Crippen LogP) is 2.45. The molecule has 0 fully saturated rings. The van der Waals surface area contributed by atoms with E-state index >= 15 is 0 Å². The number of rotatable bonds is 6. The van der Waals surface area contributed by atoms with Crippen LogP contribution in [0, 0.1) is 11.6 Å². The molecule has 0 aliphatic heterocycles. The van der Waals surface area contributed by atoms with Gasteiger partial charge in [-0.3, -0.25) is 0 Å². The number of methoxy groups -OCH3 is 1. The van der Waals surface area contributed by atoms with Crippen LogP contribution in [0.5, 0.6) is 0 Å². The number of benzene rings is 1. The van der Waals surface area contributed by atoms with Gasteiger partial charge in [-0.1, -0.05) is 0 Å². The lowest BCUT2D eigenvalue weighted by Crippen LogP contribution is -2.11. The lowest BCUT2D eigenvalue weighted by Gasteiger charge is -2.10. The number of nitrogens with zero attached hydrogens (tertiary/aromatic N) is 2. The zero-order valence-corrected chi connectivity index (χ0v) is 11.5. The lowest BCUT2D eigenvalue weighted by molar-refractivity contribution is 0.0594. The van der Waals surface area contributed by atoms with E-state index in [0.717, 1.165) is 20.1 Å². The van der Waals surface area contributed by atoms with Gasteiger partial charge in [0.2, 0.25) is 0 Å². The molecule has 112 valence electrons. The zero-order valence-electron chi connectivity index (χ0n) is 11.5. The van der Waals surface area contributed by atoms with Gasteiger partial charge in [-0.15, -0.1) is 0 Å². The summed E-state index contributed by atoms with van der Waals surface area (Å²) in [5, 5.41) is 2.80. The lowest BCUT2D eigenvalue weighted by atomic mass is 10.1. The Morgan fingerprint density at radius 3 is 2.86 bits per heavy atom. The van der Waals surface area contributed by atoms with Crippen molar-refractivity contribution in [3.8, 4) is 0 Å². The number of aryl methyl sites for hydroxylation is 1. The van der Waals surface area contributed by atoms with Crippen molar-refractivity contribution >= 4 is 11.7 Å². The van der Waals surface area contributed by atoms with Gasteiger partial charge in [0.05, 0.1) is 24.7 Å². The Balaban J connectivity index is 1.94. The van der Waals surface area contributed by atoms with Gasteiger partial charge in [-0.2, -0.15) is 0 Å². The number of carbonyl (C=O) groups excluding carboxylic acids is 1. The van der Waals surface area contributed by atoms with Crippen LogP contribution >= 0.6 is 0 Å². The molecule has 21 heavy (non-hydrogen) atoms. The van der Waals surface area contributed by atoms with Crippen LogP contribution in [0.25, 0.3) is 0 Å². The smallest absolute Gasteiger partial charge is 0.340 e. The molecule has 0 unspecified atom stereocenters. The highest BCUT2D eigenvalue weighted by atomic mass is 19.2. The summed E-state index contributed by atoms with van der Waals surface area (Å²) in [4.78, 5) is 15.1. The summed E-state index contributed by atoms with van der Waals surface area (Å²) in [5.74, 6) is -3.19. The molecule has 0 atom stereocenters. The SMILES string of the molecule is COC(=O)c1ccc(NCCCn2ccnc2)c(F)c1F. The van der Waals surface area contributed by atoms with E-state index in [1.807, 2.05) is 10.8 Å². The monoisotopic (exact) mass is 295 g/mol. The quantitative estimate of drug-likeness (QED) is 0.657. The second-order valence-corrected chi connectivity index (χ2v) is 4.36. The second kappa shape index (κ2) is 6.83. The van der Waals surface area contributed by atoms with Crippen molar-refractivity contribution in [1.29, 1.82) is 0 Å². The van der Waals surface area contributed by atoms with Gasteiger partial charge in [0.15, 0.2) is 11.6 Å². The third-order valence-corrected chi connectivity index (χ3v) is 2.96. The summed E-state index contributed by atoms with van der Waals surface area (Å²) >= 11 is 0. The summed E-state index contributed by atoms with van der Waals surface area (Å²) < 4.78 is 33.8. The van der Waals surface area contributed by atoms with Gasteiger partial charge >= 0.3 is 5.97 Å². The maximum absolute atomic E-state index is 13.8. The number of ether oxygens (including phenoxy) is 1. The average Bonchev–Trinajstić information content (AvgIpc) is 3.00. The molecule has 0 aliphatic carbocycles. The van der Waals surface area contributed by atoms with Gasteiger partial charge < -0.3 is 14.6 Å². The van der Waals surface area contributed by atoms with Gasteiger partial charge in [0.25, 0.3) is 0 Å². The summed E-state index contributed by atoms with van der Waals surface area (Å²) in [5.41, 5.74) is -0.398. The van der Waals surface area contributed by atoms with Crippen LogP contribution in [0.2, 0.25) is 0 Å². The number of esters is 1. The Hall–Kier alpha value is -2.44. The molecule has 1 aromatic carbocycles. The molecule has 2 rings (SSSR count). The number of nitrogens with one attached hydrogen (secondary N) is 1. The van der Waals surface area contributed by atoms with Crippen molar-refractivity contribution in [3.63, 3.8) is 0 Å². The third-order valence-electron chi connectivity index (χ3n) is 2.96. The number of halogens is 2. The largest absolute Gasteiger partial charge is 0.465 e. The molecule has 0 saturated heterocycles. The molecule has 1 N–H and O–H groups in total. The van der Waals surface area contributed by atoms with Crippen molar-refractivity contribution in [3.05, 3.63) is 48.1 Å². The maximum atomic E-state index is 13.8. The van der Waals surface area contributed by atoms with E-state index in [1.54, 1.807) is 12.5 Å². The van der Waals surface area contributed by atoms with Crippen molar-refractivity contribution in [2.45, 2.75) is 13.0 Å². The third kappa shape index (κ3) is 3.56. The number of hydrogen-bond acceptors (Lipinski definition) is 4. The highest BCUT2D eigenvalue weighted by Gasteiger charge is 2.18. The van der Waals surface area contributed by atoms with E-state index in [4.69, 9.17) is 0 Å². The molecule has 5 nitrogen and oxygen atoms in total. The van der Waals surface area contributed by atoms with Gasteiger partial charge in [0.1, 0.15) is 0 Å². The molecule has 0 saturated carbocycles. The Morgan fingerprint density at radius 2 is 2.19 bits per heavy atom. The van der Waals surface area contributed by atoms with E-state index < -0.39 is 23.2 Å². The van der Waals surface area contributed by atoms with E-state index in [1.165, 1.54) is 12.1 Å². The van der Waals surface area contributed by atoms with Crippen LogP contribution in [-0.4, -0.2) is 29.2 Å². The van der Waals surface area contributed by atoms with Gasteiger partial charge in [0, 0.05) is 25.5 Å². The minimum Gasteiger partial charge on any atom is -0.465 e. The number of imidazole rings is 1. The van der Waals surface area contributed by atoms with E-state index in [-0.39, 0.29) is 5.69 Å². The Bertz CT molecular complexity index is 615.